The van der Waals surface area contributed by atoms with Crippen molar-refractivity contribution in [3.63, 3.8) is 0 Å². The lowest BCUT2D eigenvalue weighted by Crippen LogP contribution is -2.21. The first-order valence-electron chi connectivity index (χ1n) is 5.76. The van der Waals surface area contributed by atoms with Gasteiger partial charge in [-0.2, -0.15) is 0 Å². The molecule has 1 aliphatic heterocycles. The minimum atomic E-state index is -0.795. The van der Waals surface area contributed by atoms with E-state index in [-0.39, 0.29) is 0 Å². The molecular formula is C13H18O6. The zero-order valence-corrected chi connectivity index (χ0v) is 11.4. The molecule has 0 aromatic carbocycles. The Kier molecular flexibility index (Phi) is 5.26. The van der Waals surface area contributed by atoms with Gasteiger partial charge >= 0.3 is 11.9 Å². The molecule has 1 rings (SSSR count). The predicted octanol–water partition coefficient (Wildman–Crippen LogP) is 0.965. The third kappa shape index (κ3) is 4.84. The molecule has 0 bridgehead atoms. The van der Waals surface area contributed by atoms with E-state index in [1.807, 2.05) is 0 Å². The van der Waals surface area contributed by atoms with Gasteiger partial charge in [-0.25, -0.2) is 9.59 Å². The van der Waals surface area contributed by atoms with Gasteiger partial charge in [0.05, 0.1) is 14.2 Å². The molecule has 6 heteroatoms. The molecule has 6 nitrogen and oxygen atoms in total. The highest BCUT2D eigenvalue weighted by Crippen LogP contribution is 2.29. The zero-order valence-electron chi connectivity index (χ0n) is 11.4. The molecule has 1 heterocycles. The van der Waals surface area contributed by atoms with Gasteiger partial charge in [-0.05, 0) is 26.0 Å². The molecule has 106 valence electrons. The molecule has 1 aliphatic rings. The first-order chi connectivity index (χ1) is 8.88. The molecule has 1 saturated heterocycles. The Labute approximate surface area is 112 Å². The lowest BCUT2D eigenvalue weighted by atomic mass is 10.2. The van der Waals surface area contributed by atoms with E-state index in [0.717, 1.165) is 0 Å². The van der Waals surface area contributed by atoms with Crippen molar-refractivity contribution in [3.05, 3.63) is 24.3 Å². The Balaban J connectivity index is 2.75. The average Bonchev–Trinajstić information content (AvgIpc) is 2.67. The van der Waals surface area contributed by atoms with Crippen LogP contribution in [0.15, 0.2) is 24.3 Å². The van der Waals surface area contributed by atoms with Crippen molar-refractivity contribution in [3.8, 4) is 0 Å². The van der Waals surface area contributed by atoms with Gasteiger partial charge in [0.1, 0.15) is 12.2 Å². The maximum Gasteiger partial charge on any atom is 0.330 e. The number of ether oxygens (including phenoxy) is 4. The summed E-state index contributed by atoms with van der Waals surface area (Å²) in [6.45, 7) is 3.50. The molecule has 2 atom stereocenters. The van der Waals surface area contributed by atoms with Gasteiger partial charge in [-0.15, -0.1) is 0 Å². The van der Waals surface area contributed by atoms with Gasteiger partial charge in [-0.3, -0.25) is 0 Å². The number of carbonyl (C=O) groups excluding carboxylic acids is 2. The molecule has 1 fully saturated rings. The number of rotatable bonds is 4. The summed E-state index contributed by atoms with van der Waals surface area (Å²) >= 11 is 0. The Bertz CT molecular complexity index is 360. The smallest absolute Gasteiger partial charge is 0.330 e. The summed E-state index contributed by atoms with van der Waals surface area (Å²) < 4.78 is 20.2. The molecule has 0 spiro atoms. The quantitative estimate of drug-likeness (QED) is 0.560. The molecule has 19 heavy (non-hydrogen) atoms. The number of methoxy groups -OCH3 is 2. The maximum atomic E-state index is 11.1. The van der Waals surface area contributed by atoms with Gasteiger partial charge < -0.3 is 18.9 Å². The summed E-state index contributed by atoms with van der Waals surface area (Å²) in [6, 6.07) is 0. The number of hydrogen-bond donors (Lipinski definition) is 0. The fourth-order valence-corrected chi connectivity index (χ4v) is 1.60. The van der Waals surface area contributed by atoms with Crippen LogP contribution in [-0.2, 0) is 28.5 Å². The van der Waals surface area contributed by atoms with Crippen LogP contribution in [0.4, 0.5) is 0 Å². The molecule has 0 aromatic heterocycles. The molecular weight excluding hydrogens is 252 g/mol. The van der Waals surface area contributed by atoms with Gasteiger partial charge in [-0.1, -0.05) is 0 Å². The first-order valence-corrected chi connectivity index (χ1v) is 5.76. The summed E-state index contributed by atoms with van der Waals surface area (Å²) in [6.07, 6.45) is 4.63. The summed E-state index contributed by atoms with van der Waals surface area (Å²) in [4.78, 5) is 22.1. The van der Waals surface area contributed by atoms with Gasteiger partial charge in [0.2, 0.25) is 0 Å². The third-order valence-corrected chi connectivity index (χ3v) is 2.41. The second-order valence-electron chi connectivity index (χ2n) is 4.33. The minimum Gasteiger partial charge on any atom is -0.466 e. The van der Waals surface area contributed by atoms with E-state index in [2.05, 4.69) is 9.47 Å². The van der Waals surface area contributed by atoms with Crippen molar-refractivity contribution in [2.75, 3.05) is 14.2 Å². The van der Waals surface area contributed by atoms with Crippen LogP contribution in [0, 0.1) is 0 Å². The van der Waals surface area contributed by atoms with Crippen molar-refractivity contribution < 1.29 is 28.5 Å². The Morgan fingerprint density at radius 3 is 1.63 bits per heavy atom. The molecule has 0 unspecified atom stereocenters. The normalized spacial score (nSPS) is 25.9. The van der Waals surface area contributed by atoms with E-state index >= 15 is 0 Å². The zero-order chi connectivity index (χ0) is 14.5. The second-order valence-corrected chi connectivity index (χ2v) is 4.33. The SMILES string of the molecule is COC(=O)/C=C/[C@@H]1OC(C)(C)O[C@H]1/C=C/C(=O)OC. The van der Waals surface area contributed by atoms with Crippen LogP contribution in [0.25, 0.3) is 0 Å². The van der Waals surface area contributed by atoms with Crippen molar-refractivity contribution in [2.45, 2.75) is 31.8 Å². The highest BCUT2D eigenvalue weighted by atomic mass is 16.7. The van der Waals surface area contributed by atoms with E-state index < -0.39 is 29.9 Å². The monoisotopic (exact) mass is 270 g/mol. The molecule has 0 radical (unpaired) electrons. The second kappa shape index (κ2) is 6.49. The fourth-order valence-electron chi connectivity index (χ4n) is 1.60. The molecule has 0 N–H and O–H groups in total. The average molecular weight is 270 g/mol. The van der Waals surface area contributed by atoms with E-state index in [1.165, 1.54) is 38.5 Å². The van der Waals surface area contributed by atoms with Gasteiger partial charge in [0.25, 0.3) is 0 Å². The molecule has 0 amide bonds. The summed E-state index contributed by atoms with van der Waals surface area (Å²) in [5.74, 6) is -1.76. The van der Waals surface area contributed by atoms with Gasteiger partial charge in [0.15, 0.2) is 5.79 Å². The van der Waals surface area contributed by atoms with Crippen LogP contribution in [0.2, 0.25) is 0 Å². The van der Waals surface area contributed by atoms with Crippen molar-refractivity contribution in [1.82, 2.24) is 0 Å². The standard InChI is InChI=1S/C13H18O6/c1-13(2)18-9(5-7-11(14)16-3)10(19-13)6-8-12(15)17-4/h5-10H,1-4H3/b7-5+,8-6+/t9-,10-/m0/s1. The lowest BCUT2D eigenvalue weighted by molar-refractivity contribution is -0.140. The largest absolute Gasteiger partial charge is 0.466 e. The van der Waals surface area contributed by atoms with E-state index in [4.69, 9.17) is 9.47 Å². The lowest BCUT2D eigenvalue weighted by Gasteiger charge is -2.15. The maximum absolute atomic E-state index is 11.1. The van der Waals surface area contributed by atoms with Crippen LogP contribution < -0.4 is 0 Å². The first kappa shape index (κ1) is 15.4. The number of hydrogen-bond acceptors (Lipinski definition) is 6. The Hall–Kier alpha value is -1.66. The van der Waals surface area contributed by atoms with Crippen LogP contribution in [-0.4, -0.2) is 44.2 Å². The molecule has 0 aliphatic carbocycles. The highest BCUT2D eigenvalue weighted by Gasteiger charge is 2.38. The topological polar surface area (TPSA) is 71.1 Å². The van der Waals surface area contributed by atoms with Crippen LogP contribution in [0.3, 0.4) is 0 Å². The van der Waals surface area contributed by atoms with Crippen molar-refractivity contribution in [1.29, 1.82) is 0 Å². The Morgan fingerprint density at radius 2 is 1.32 bits per heavy atom. The van der Waals surface area contributed by atoms with E-state index in [0.29, 0.717) is 0 Å². The van der Waals surface area contributed by atoms with Gasteiger partial charge in [0, 0.05) is 12.2 Å². The molecule has 0 aromatic rings. The van der Waals surface area contributed by atoms with E-state index in [1.54, 1.807) is 13.8 Å². The highest BCUT2D eigenvalue weighted by molar-refractivity contribution is 5.82. The predicted molar refractivity (Wildman–Crippen MR) is 66.1 cm³/mol. The molecule has 0 saturated carbocycles. The number of carbonyl (C=O) groups is 2. The minimum absolute atomic E-state index is 0.477. The van der Waals surface area contributed by atoms with Crippen LogP contribution in [0.1, 0.15) is 13.8 Å². The van der Waals surface area contributed by atoms with Crippen molar-refractivity contribution >= 4 is 11.9 Å². The van der Waals surface area contributed by atoms with Crippen LogP contribution in [0.5, 0.6) is 0 Å². The third-order valence-electron chi connectivity index (χ3n) is 2.41. The number of esters is 2. The summed E-state index contributed by atoms with van der Waals surface area (Å²) in [5.41, 5.74) is 0. The van der Waals surface area contributed by atoms with Crippen molar-refractivity contribution in [2.24, 2.45) is 0 Å². The van der Waals surface area contributed by atoms with E-state index in [9.17, 15) is 9.59 Å². The summed E-state index contributed by atoms with van der Waals surface area (Å²) in [7, 11) is 2.58. The van der Waals surface area contributed by atoms with Crippen LogP contribution >= 0.6 is 0 Å². The Morgan fingerprint density at radius 1 is 0.947 bits per heavy atom. The summed E-state index contributed by atoms with van der Waals surface area (Å²) in [5, 5.41) is 0. The fraction of sp³-hybridized carbons (Fsp3) is 0.538.